The van der Waals surface area contributed by atoms with Crippen molar-refractivity contribution in [3.8, 4) is 0 Å². The maximum absolute atomic E-state index is 10.6. The highest BCUT2D eigenvalue weighted by Gasteiger charge is 2.21. The minimum atomic E-state index is -0.874. The first-order chi connectivity index (χ1) is 14.7. The molecule has 0 aliphatic carbocycles. The maximum atomic E-state index is 10.6. The van der Waals surface area contributed by atoms with Gasteiger partial charge in [-0.3, -0.25) is 0 Å². The van der Waals surface area contributed by atoms with E-state index in [2.05, 4.69) is 49.9 Å². The number of likely N-dealkylation sites (N-methyl/N-ethyl adjacent to an activating group) is 1. The third-order valence-electron chi connectivity index (χ3n) is 5.01. The van der Waals surface area contributed by atoms with Gasteiger partial charge in [0.05, 0.1) is 5.60 Å². The molecular formula is C22H38N8O. The molecule has 1 aromatic carbocycles. The number of para-hydroxylation sites is 1. The molecule has 1 heterocycles. The van der Waals surface area contributed by atoms with E-state index < -0.39 is 5.60 Å². The van der Waals surface area contributed by atoms with Gasteiger partial charge in [-0.15, -0.1) is 10.2 Å². The maximum Gasteiger partial charge on any atom is 0.191 e. The number of benzene rings is 1. The average Bonchev–Trinajstić information content (AvgIpc) is 3.04. The Hall–Kier alpha value is -2.65. The van der Waals surface area contributed by atoms with Crippen LogP contribution >= 0.6 is 0 Å². The fourth-order valence-corrected chi connectivity index (χ4v) is 3.26. The molecule has 1 unspecified atom stereocenters. The first-order valence-electron chi connectivity index (χ1n) is 10.7. The van der Waals surface area contributed by atoms with Crippen LogP contribution in [0.5, 0.6) is 0 Å². The number of anilines is 1. The molecule has 0 fully saturated rings. The van der Waals surface area contributed by atoms with Gasteiger partial charge in [-0.2, -0.15) is 0 Å². The number of hydrogen-bond donors (Lipinski definition) is 3. The van der Waals surface area contributed by atoms with E-state index in [0.717, 1.165) is 31.2 Å². The minimum Gasteiger partial charge on any atom is -0.387 e. The van der Waals surface area contributed by atoms with Gasteiger partial charge in [0.1, 0.15) is 12.4 Å². The molecule has 9 nitrogen and oxygen atoms in total. The van der Waals surface area contributed by atoms with Gasteiger partial charge in [0.25, 0.3) is 0 Å². The number of aryl methyl sites for hydroxylation is 1. The number of guanidine groups is 1. The zero-order valence-electron chi connectivity index (χ0n) is 19.8. The van der Waals surface area contributed by atoms with Crippen LogP contribution in [0.4, 0.5) is 5.69 Å². The average molecular weight is 431 g/mol. The zero-order valence-corrected chi connectivity index (χ0v) is 19.8. The molecule has 9 heteroatoms. The smallest absolute Gasteiger partial charge is 0.191 e. The van der Waals surface area contributed by atoms with Crippen LogP contribution in [0.1, 0.15) is 25.0 Å². The Morgan fingerprint density at radius 3 is 2.48 bits per heavy atom. The molecule has 0 radical (unpaired) electrons. The molecule has 0 aliphatic rings. The van der Waals surface area contributed by atoms with E-state index >= 15 is 0 Å². The van der Waals surface area contributed by atoms with Gasteiger partial charge < -0.3 is 30.1 Å². The molecule has 1 aromatic heterocycles. The highest BCUT2D eigenvalue weighted by Crippen LogP contribution is 2.10. The minimum absolute atomic E-state index is 0.388. The topological polar surface area (TPSA) is 93.8 Å². The molecule has 3 N–H and O–H groups in total. The van der Waals surface area contributed by atoms with Crippen LogP contribution in [0, 0.1) is 6.92 Å². The summed E-state index contributed by atoms with van der Waals surface area (Å²) in [4.78, 5) is 8.86. The largest absolute Gasteiger partial charge is 0.387 e. The van der Waals surface area contributed by atoms with Crippen LogP contribution < -0.4 is 15.5 Å². The van der Waals surface area contributed by atoms with E-state index in [1.807, 2.05) is 62.7 Å². The Bertz CT molecular complexity index is 816. The second kappa shape index (κ2) is 11.7. The Labute approximate surface area is 186 Å². The third-order valence-corrected chi connectivity index (χ3v) is 5.01. The molecule has 0 amide bonds. The monoisotopic (exact) mass is 430 g/mol. The number of aliphatic hydroxyl groups is 1. The van der Waals surface area contributed by atoms with Gasteiger partial charge in [0.15, 0.2) is 11.8 Å². The second-order valence-electron chi connectivity index (χ2n) is 8.51. The van der Waals surface area contributed by atoms with Crippen molar-refractivity contribution < 1.29 is 5.11 Å². The van der Waals surface area contributed by atoms with Crippen molar-refractivity contribution in [1.82, 2.24) is 30.3 Å². The zero-order chi connectivity index (χ0) is 22.9. The number of aromatic nitrogens is 3. The molecule has 0 saturated carbocycles. The predicted molar refractivity (Wildman–Crippen MR) is 126 cm³/mol. The molecule has 2 aromatic rings. The molecule has 0 aliphatic heterocycles. The SMILES string of the molecule is Cc1nnc(CN=C(NCCCN(C)c2ccccc2)NCC(C)(O)CN(C)C)n1C. The van der Waals surface area contributed by atoms with Crippen LogP contribution in [-0.2, 0) is 13.6 Å². The van der Waals surface area contributed by atoms with Gasteiger partial charge in [-0.1, -0.05) is 18.2 Å². The Kier molecular flexibility index (Phi) is 9.26. The number of aliphatic imine (C=N–C) groups is 1. The van der Waals surface area contributed by atoms with E-state index in [-0.39, 0.29) is 0 Å². The summed E-state index contributed by atoms with van der Waals surface area (Å²) in [5, 5.41) is 25.5. The fraction of sp³-hybridized carbons (Fsp3) is 0.591. The Morgan fingerprint density at radius 1 is 1.16 bits per heavy atom. The molecule has 1 atom stereocenters. The molecule has 2 rings (SSSR count). The fourth-order valence-electron chi connectivity index (χ4n) is 3.26. The standard InChI is InChI=1S/C22H38N8O/c1-18-26-27-20(30(18)6)15-24-21(25-16-22(2,31)17-28(3)4)23-13-10-14-29(5)19-11-8-7-9-12-19/h7-9,11-12,31H,10,13-17H2,1-6H3,(H2,23,24,25). The number of nitrogens with zero attached hydrogens (tertiary/aromatic N) is 6. The first-order valence-corrected chi connectivity index (χ1v) is 10.7. The second-order valence-corrected chi connectivity index (χ2v) is 8.51. The van der Waals surface area contributed by atoms with Crippen molar-refractivity contribution in [2.45, 2.75) is 32.4 Å². The first kappa shape index (κ1) is 24.6. The number of hydrogen-bond acceptors (Lipinski definition) is 6. The van der Waals surface area contributed by atoms with Gasteiger partial charge in [0, 0.05) is 46.0 Å². The summed E-state index contributed by atoms with van der Waals surface area (Å²) in [7, 11) is 7.92. The molecule has 172 valence electrons. The summed E-state index contributed by atoms with van der Waals surface area (Å²) in [6.45, 7) is 6.77. The lowest BCUT2D eigenvalue weighted by molar-refractivity contribution is 0.0377. The molecule has 0 saturated heterocycles. The van der Waals surface area contributed by atoms with Crippen molar-refractivity contribution in [2.75, 3.05) is 52.2 Å². The van der Waals surface area contributed by atoms with Crippen molar-refractivity contribution in [1.29, 1.82) is 0 Å². The number of nitrogens with one attached hydrogen (secondary N) is 2. The lowest BCUT2D eigenvalue weighted by atomic mass is 10.1. The quantitative estimate of drug-likeness (QED) is 0.278. The van der Waals surface area contributed by atoms with Crippen LogP contribution in [0.2, 0.25) is 0 Å². The summed E-state index contributed by atoms with van der Waals surface area (Å²) >= 11 is 0. The summed E-state index contributed by atoms with van der Waals surface area (Å²) in [5.74, 6) is 2.30. The van der Waals surface area contributed by atoms with Crippen molar-refractivity contribution in [2.24, 2.45) is 12.0 Å². The summed E-state index contributed by atoms with van der Waals surface area (Å²) < 4.78 is 1.93. The van der Waals surface area contributed by atoms with Crippen LogP contribution in [0.3, 0.4) is 0 Å². The van der Waals surface area contributed by atoms with Crippen LogP contribution in [0.15, 0.2) is 35.3 Å². The lowest BCUT2D eigenvalue weighted by Crippen LogP contribution is -2.50. The van der Waals surface area contributed by atoms with Gasteiger partial charge in [-0.25, -0.2) is 4.99 Å². The highest BCUT2D eigenvalue weighted by molar-refractivity contribution is 5.79. The summed E-state index contributed by atoms with van der Waals surface area (Å²) in [6, 6.07) is 10.3. The van der Waals surface area contributed by atoms with Crippen molar-refractivity contribution in [3.05, 3.63) is 42.0 Å². The van der Waals surface area contributed by atoms with E-state index in [1.165, 1.54) is 5.69 Å². The van der Waals surface area contributed by atoms with Crippen LogP contribution in [-0.4, -0.2) is 83.7 Å². The van der Waals surface area contributed by atoms with Gasteiger partial charge in [-0.05, 0) is 46.5 Å². The summed E-state index contributed by atoms with van der Waals surface area (Å²) in [6.07, 6.45) is 0.948. The molecule has 31 heavy (non-hydrogen) atoms. The van der Waals surface area contributed by atoms with Gasteiger partial charge in [0.2, 0.25) is 0 Å². The van der Waals surface area contributed by atoms with E-state index in [0.29, 0.717) is 25.6 Å². The van der Waals surface area contributed by atoms with E-state index in [9.17, 15) is 5.11 Å². The number of rotatable bonds is 11. The molecule has 0 spiro atoms. The Balaban J connectivity index is 1.92. The van der Waals surface area contributed by atoms with Crippen molar-refractivity contribution in [3.63, 3.8) is 0 Å². The Morgan fingerprint density at radius 2 is 1.87 bits per heavy atom. The normalized spacial score (nSPS) is 13.9. The van der Waals surface area contributed by atoms with E-state index in [4.69, 9.17) is 0 Å². The third kappa shape index (κ3) is 8.55. The molecular weight excluding hydrogens is 392 g/mol. The highest BCUT2D eigenvalue weighted by atomic mass is 16.3. The van der Waals surface area contributed by atoms with Crippen molar-refractivity contribution >= 4 is 11.6 Å². The van der Waals surface area contributed by atoms with E-state index in [1.54, 1.807) is 0 Å². The molecule has 0 bridgehead atoms. The van der Waals surface area contributed by atoms with Crippen LogP contribution in [0.25, 0.3) is 0 Å². The summed E-state index contributed by atoms with van der Waals surface area (Å²) in [5.41, 5.74) is 0.327. The van der Waals surface area contributed by atoms with Gasteiger partial charge >= 0.3 is 0 Å². The predicted octanol–water partition coefficient (Wildman–Crippen LogP) is 0.998. The lowest BCUT2D eigenvalue weighted by Gasteiger charge is -2.28.